The van der Waals surface area contributed by atoms with E-state index in [2.05, 4.69) is 5.32 Å². The smallest absolute Gasteiger partial charge is 0.312 e. The van der Waals surface area contributed by atoms with Crippen LogP contribution in [0, 0.1) is 5.92 Å². The molecule has 0 radical (unpaired) electrons. The SMILES string of the molecule is CC(CCl)CNCc1ccc(C(F)(F)F)cc1. The lowest BCUT2D eigenvalue weighted by Gasteiger charge is -2.10. The Morgan fingerprint density at radius 1 is 1.24 bits per heavy atom. The molecule has 96 valence electrons. The first kappa shape index (κ1) is 14.3. The van der Waals surface area contributed by atoms with Crippen LogP contribution >= 0.6 is 11.6 Å². The first-order valence-corrected chi connectivity index (χ1v) is 5.89. The molecule has 0 saturated heterocycles. The molecule has 17 heavy (non-hydrogen) atoms. The minimum absolute atomic E-state index is 0.353. The second-order valence-corrected chi connectivity index (χ2v) is 4.39. The second-order valence-electron chi connectivity index (χ2n) is 4.09. The van der Waals surface area contributed by atoms with Crippen molar-refractivity contribution < 1.29 is 13.2 Å². The van der Waals surface area contributed by atoms with Crippen LogP contribution in [0.4, 0.5) is 13.2 Å². The van der Waals surface area contributed by atoms with Crippen LogP contribution in [-0.4, -0.2) is 12.4 Å². The van der Waals surface area contributed by atoms with E-state index in [9.17, 15) is 13.2 Å². The van der Waals surface area contributed by atoms with Crippen molar-refractivity contribution in [2.24, 2.45) is 5.92 Å². The molecule has 1 aromatic rings. The Labute approximate surface area is 104 Å². The van der Waals surface area contributed by atoms with Crippen molar-refractivity contribution in [2.75, 3.05) is 12.4 Å². The molecule has 0 spiro atoms. The van der Waals surface area contributed by atoms with Crippen molar-refractivity contribution in [3.8, 4) is 0 Å². The molecule has 5 heteroatoms. The van der Waals surface area contributed by atoms with Gasteiger partial charge >= 0.3 is 6.18 Å². The first-order chi connectivity index (χ1) is 7.93. The molecule has 0 aliphatic carbocycles. The van der Waals surface area contributed by atoms with Gasteiger partial charge in [0.15, 0.2) is 0 Å². The number of hydrogen-bond donors (Lipinski definition) is 1. The molecule has 1 aromatic carbocycles. The molecule has 0 bridgehead atoms. The Morgan fingerprint density at radius 3 is 2.29 bits per heavy atom. The van der Waals surface area contributed by atoms with Crippen LogP contribution in [0.15, 0.2) is 24.3 Å². The summed E-state index contributed by atoms with van der Waals surface area (Å²) < 4.78 is 36.9. The van der Waals surface area contributed by atoms with Gasteiger partial charge in [-0.15, -0.1) is 11.6 Å². The minimum atomic E-state index is -4.26. The lowest BCUT2D eigenvalue weighted by Crippen LogP contribution is -2.21. The fraction of sp³-hybridized carbons (Fsp3) is 0.500. The van der Waals surface area contributed by atoms with Gasteiger partial charge in [0.25, 0.3) is 0 Å². The Bertz CT molecular complexity index is 335. The third-order valence-electron chi connectivity index (χ3n) is 2.37. The Kier molecular flexibility index (Phi) is 5.28. The first-order valence-electron chi connectivity index (χ1n) is 5.36. The Balaban J connectivity index is 2.46. The maximum atomic E-state index is 12.3. The van der Waals surface area contributed by atoms with E-state index in [1.54, 1.807) is 0 Å². The van der Waals surface area contributed by atoms with E-state index in [4.69, 9.17) is 11.6 Å². The standard InChI is InChI=1S/C12H15ClF3N/c1-9(6-13)7-17-8-10-2-4-11(5-3-10)12(14,15)16/h2-5,9,17H,6-8H2,1H3. The molecule has 1 atom stereocenters. The van der Waals surface area contributed by atoms with E-state index in [1.165, 1.54) is 12.1 Å². The van der Waals surface area contributed by atoms with Crippen LogP contribution in [0.1, 0.15) is 18.1 Å². The van der Waals surface area contributed by atoms with Crippen LogP contribution in [0.3, 0.4) is 0 Å². The normalized spacial score (nSPS) is 13.7. The van der Waals surface area contributed by atoms with Gasteiger partial charge in [-0.25, -0.2) is 0 Å². The highest BCUT2D eigenvalue weighted by Crippen LogP contribution is 2.28. The molecule has 1 unspecified atom stereocenters. The molecule has 0 saturated carbocycles. The molecule has 0 aromatic heterocycles. The lowest BCUT2D eigenvalue weighted by molar-refractivity contribution is -0.137. The summed E-state index contributed by atoms with van der Waals surface area (Å²) in [5.41, 5.74) is 0.218. The van der Waals surface area contributed by atoms with Gasteiger partial charge in [-0.3, -0.25) is 0 Å². The predicted octanol–water partition coefficient (Wildman–Crippen LogP) is 3.67. The number of alkyl halides is 4. The summed E-state index contributed by atoms with van der Waals surface area (Å²) in [5.74, 6) is 0.922. The fourth-order valence-corrected chi connectivity index (χ4v) is 1.44. The van der Waals surface area contributed by atoms with Gasteiger partial charge in [0.05, 0.1) is 5.56 Å². The molecule has 0 fully saturated rings. The van der Waals surface area contributed by atoms with Crippen molar-refractivity contribution in [1.29, 1.82) is 0 Å². The highest BCUT2D eigenvalue weighted by atomic mass is 35.5. The fourth-order valence-electron chi connectivity index (χ4n) is 1.33. The summed E-state index contributed by atoms with van der Waals surface area (Å²) >= 11 is 5.64. The summed E-state index contributed by atoms with van der Waals surface area (Å²) in [5, 5.41) is 3.14. The molecular weight excluding hydrogens is 251 g/mol. The van der Waals surface area contributed by atoms with Crippen LogP contribution in [0.2, 0.25) is 0 Å². The van der Waals surface area contributed by atoms with E-state index < -0.39 is 11.7 Å². The van der Waals surface area contributed by atoms with Crippen molar-refractivity contribution in [3.63, 3.8) is 0 Å². The molecule has 1 rings (SSSR count). The molecule has 0 aliphatic rings. The molecule has 1 N–H and O–H groups in total. The largest absolute Gasteiger partial charge is 0.416 e. The van der Waals surface area contributed by atoms with Gasteiger partial charge in [0.2, 0.25) is 0 Å². The van der Waals surface area contributed by atoms with E-state index in [0.717, 1.165) is 24.2 Å². The molecular formula is C12H15ClF3N. The highest BCUT2D eigenvalue weighted by molar-refractivity contribution is 6.18. The molecule has 0 aliphatic heterocycles. The van der Waals surface area contributed by atoms with Gasteiger partial charge in [-0.05, 0) is 30.2 Å². The zero-order valence-corrected chi connectivity index (χ0v) is 10.3. The van der Waals surface area contributed by atoms with E-state index in [-0.39, 0.29) is 0 Å². The van der Waals surface area contributed by atoms with Gasteiger partial charge in [-0.1, -0.05) is 19.1 Å². The predicted molar refractivity (Wildman–Crippen MR) is 63.0 cm³/mol. The van der Waals surface area contributed by atoms with Gasteiger partial charge < -0.3 is 5.32 Å². The minimum Gasteiger partial charge on any atom is -0.312 e. The summed E-state index contributed by atoms with van der Waals surface area (Å²) in [6.45, 7) is 3.32. The molecule has 0 amide bonds. The van der Waals surface area contributed by atoms with Crippen molar-refractivity contribution >= 4 is 11.6 Å². The van der Waals surface area contributed by atoms with Crippen molar-refractivity contribution in [2.45, 2.75) is 19.6 Å². The second kappa shape index (κ2) is 6.26. The van der Waals surface area contributed by atoms with Crippen LogP contribution < -0.4 is 5.32 Å². The van der Waals surface area contributed by atoms with Gasteiger partial charge in [0.1, 0.15) is 0 Å². The summed E-state index contributed by atoms with van der Waals surface area (Å²) in [6, 6.07) is 5.17. The van der Waals surface area contributed by atoms with Crippen molar-refractivity contribution in [3.05, 3.63) is 35.4 Å². The quantitative estimate of drug-likeness (QED) is 0.801. The summed E-state index contributed by atoms with van der Waals surface area (Å²) in [7, 11) is 0. The third kappa shape index (κ3) is 4.96. The zero-order chi connectivity index (χ0) is 12.9. The third-order valence-corrected chi connectivity index (χ3v) is 2.89. The average Bonchev–Trinajstić information content (AvgIpc) is 2.28. The monoisotopic (exact) mass is 265 g/mol. The van der Waals surface area contributed by atoms with Crippen LogP contribution in [-0.2, 0) is 12.7 Å². The topological polar surface area (TPSA) is 12.0 Å². The molecule has 1 nitrogen and oxygen atoms in total. The zero-order valence-electron chi connectivity index (χ0n) is 9.52. The average molecular weight is 266 g/mol. The maximum absolute atomic E-state index is 12.3. The van der Waals surface area contributed by atoms with E-state index in [0.29, 0.717) is 18.3 Å². The number of nitrogens with one attached hydrogen (secondary N) is 1. The van der Waals surface area contributed by atoms with Gasteiger partial charge in [0, 0.05) is 12.4 Å². The summed E-state index contributed by atoms with van der Waals surface area (Å²) in [6.07, 6.45) is -4.26. The summed E-state index contributed by atoms with van der Waals surface area (Å²) in [4.78, 5) is 0. The number of hydrogen-bond acceptors (Lipinski definition) is 1. The lowest BCUT2D eigenvalue weighted by atomic mass is 10.1. The number of rotatable bonds is 5. The Morgan fingerprint density at radius 2 is 1.82 bits per heavy atom. The van der Waals surface area contributed by atoms with Gasteiger partial charge in [-0.2, -0.15) is 13.2 Å². The Hall–Kier alpha value is -0.740. The van der Waals surface area contributed by atoms with E-state index >= 15 is 0 Å². The molecule has 0 heterocycles. The number of halogens is 4. The van der Waals surface area contributed by atoms with Crippen LogP contribution in [0.25, 0.3) is 0 Å². The number of benzene rings is 1. The van der Waals surface area contributed by atoms with E-state index in [1.807, 2.05) is 6.92 Å². The van der Waals surface area contributed by atoms with Crippen LogP contribution in [0.5, 0.6) is 0 Å². The maximum Gasteiger partial charge on any atom is 0.416 e. The van der Waals surface area contributed by atoms with Crippen molar-refractivity contribution in [1.82, 2.24) is 5.32 Å². The highest BCUT2D eigenvalue weighted by Gasteiger charge is 2.29.